The van der Waals surface area contributed by atoms with Gasteiger partial charge in [-0.25, -0.2) is 24.9 Å². The zero-order chi connectivity index (χ0) is 26.9. The van der Waals surface area contributed by atoms with E-state index in [1.807, 2.05) is 35.9 Å². The summed E-state index contributed by atoms with van der Waals surface area (Å²) in [6, 6.07) is 11.1. The number of fused-ring (bicyclic) bond motifs is 2. The molecule has 1 aliphatic heterocycles. The first kappa shape index (κ1) is 24.6. The summed E-state index contributed by atoms with van der Waals surface area (Å²) in [5.74, 6) is 2.32. The maximum absolute atomic E-state index is 11.9. The van der Waals surface area contributed by atoms with Crippen molar-refractivity contribution in [3.05, 3.63) is 72.9 Å². The Morgan fingerprint density at radius 3 is 2.69 bits per heavy atom. The Hall–Kier alpha value is -4.77. The van der Waals surface area contributed by atoms with E-state index in [-0.39, 0.29) is 5.91 Å². The lowest BCUT2D eigenvalue weighted by molar-refractivity contribution is -0.126. The van der Waals surface area contributed by atoms with Crippen molar-refractivity contribution in [2.45, 2.75) is 0 Å². The lowest BCUT2D eigenvalue weighted by atomic mass is 10.2. The number of nitrogens with one attached hydrogen (secondary N) is 1. The van der Waals surface area contributed by atoms with Gasteiger partial charge in [-0.3, -0.25) is 4.79 Å². The smallest absolute Gasteiger partial charge is 0.246 e. The number of amides is 1. The number of piperazine rings is 1. The molecule has 5 aromatic rings. The highest BCUT2D eigenvalue weighted by Gasteiger charge is 2.21. The second kappa shape index (κ2) is 10.2. The minimum atomic E-state index is -0.0537. The van der Waals surface area contributed by atoms with Crippen molar-refractivity contribution < 1.29 is 9.53 Å². The van der Waals surface area contributed by atoms with Crippen LogP contribution in [0, 0.1) is 0 Å². The molecular formula is C27H24ClN9O2. The minimum absolute atomic E-state index is 0.0537. The molecule has 5 heterocycles. The Labute approximate surface area is 228 Å². The monoisotopic (exact) mass is 541 g/mol. The van der Waals surface area contributed by atoms with Crippen LogP contribution in [0.2, 0.25) is 5.02 Å². The van der Waals surface area contributed by atoms with Crippen LogP contribution in [0.1, 0.15) is 0 Å². The van der Waals surface area contributed by atoms with Crippen molar-refractivity contribution in [3.8, 4) is 11.5 Å². The molecule has 1 saturated heterocycles. The highest BCUT2D eigenvalue weighted by molar-refractivity contribution is 6.32. The molecule has 1 aromatic carbocycles. The number of carbonyl (C=O) groups excluding carboxylic acids is 1. The summed E-state index contributed by atoms with van der Waals surface area (Å²) in [6.07, 6.45) is 6.18. The molecule has 0 spiro atoms. The van der Waals surface area contributed by atoms with Gasteiger partial charge in [0.1, 0.15) is 34.7 Å². The number of carbonyl (C=O) groups is 1. The molecule has 0 radical (unpaired) electrons. The first-order chi connectivity index (χ1) is 19.0. The number of aromatic nitrogens is 6. The molecule has 0 unspecified atom stereocenters. The van der Waals surface area contributed by atoms with Crippen LogP contribution in [-0.4, -0.2) is 66.5 Å². The van der Waals surface area contributed by atoms with Gasteiger partial charge in [-0.15, -0.1) is 0 Å². The van der Waals surface area contributed by atoms with Crippen LogP contribution < -0.4 is 15.0 Å². The third-order valence-corrected chi connectivity index (χ3v) is 6.80. The average Bonchev–Trinajstić information content (AvgIpc) is 3.34. The van der Waals surface area contributed by atoms with E-state index in [1.54, 1.807) is 29.6 Å². The number of ether oxygens (including phenoxy) is 1. The van der Waals surface area contributed by atoms with Crippen molar-refractivity contribution in [1.82, 2.24) is 34.4 Å². The van der Waals surface area contributed by atoms with Gasteiger partial charge in [0, 0.05) is 45.0 Å². The molecular weight excluding hydrogens is 518 g/mol. The third-order valence-electron chi connectivity index (χ3n) is 6.51. The fourth-order valence-corrected chi connectivity index (χ4v) is 4.68. The Morgan fingerprint density at radius 1 is 1.05 bits per heavy atom. The molecule has 6 rings (SSSR count). The van der Waals surface area contributed by atoms with Crippen molar-refractivity contribution in [2.75, 3.05) is 36.4 Å². The van der Waals surface area contributed by atoms with Gasteiger partial charge < -0.3 is 24.4 Å². The summed E-state index contributed by atoms with van der Waals surface area (Å²) in [4.78, 5) is 38.2. The Balaban J connectivity index is 1.20. The van der Waals surface area contributed by atoms with Crippen molar-refractivity contribution in [3.63, 3.8) is 0 Å². The minimum Gasteiger partial charge on any atom is -0.454 e. The van der Waals surface area contributed by atoms with Crippen LogP contribution in [0.5, 0.6) is 11.5 Å². The quantitative estimate of drug-likeness (QED) is 0.314. The van der Waals surface area contributed by atoms with Crippen LogP contribution in [0.3, 0.4) is 0 Å². The lowest BCUT2D eigenvalue weighted by Gasteiger charge is -2.35. The highest BCUT2D eigenvalue weighted by atomic mass is 35.5. The topological polar surface area (TPSA) is 114 Å². The molecule has 1 amide bonds. The van der Waals surface area contributed by atoms with Gasteiger partial charge in [-0.2, -0.15) is 0 Å². The van der Waals surface area contributed by atoms with Gasteiger partial charge in [0.05, 0.1) is 23.1 Å². The summed E-state index contributed by atoms with van der Waals surface area (Å²) in [6.45, 7) is 6.14. The molecule has 0 atom stereocenters. The highest BCUT2D eigenvalue weighted by Crippen LogP contribution is 2.34. The number of hydrogen-bond acceptors (Lipinski definition) is 9. The maximum Gasteiger partial charge on any atom is 0.246 e. The van der Waals surface area contributed by atoms with E-state index >= 15 is 0 Å². The third kappa shape index (κ3) is 4.91. The van der Waals surface area contributed by atoms with Crippen LogP contribution in [0.15, 0.2) is 67.9 Å². The van der Waals surface area contributed by atoms with E-state index in [9.17, 15) is 4.79 Å². The average molecular weight is 542 g/mol. The van der Waals surface area contributed by atoms with Crippen molar-refractivity contribution >= 4 is 57.0 Å². The van der Waals surface area contributed by atoms with E-state index < -0.39 is 0 Å². The summed E-state index contributed by atoms with van der Waals surface area (Å²) >= 11 is 6.56. The molecule has 1 fully saturated rings. The zero-order valence-corrected chi connectivity index (χ0v) is 21.8. The van der Waals surface area contributed by atoms with Gasteiger partial charge in [-0.1, -0.05) is 18.2 Å². The number of benzene rings is 1. The fourth-order valence-electron chi connectivity index (χ4n) is 4.46. The van der Waals surface area contributed by atoms with Gasteiger partial charge >= 0.3 is 0 Å². The second-order valence-electron chi connectivity index (χ2n) is 9.02. The predicted octanol–water partition coefficient (Wildman–Crippen LogP) is 4.33. The molecule has 196 valence electrons. The molecule has 1 aliphatic rings. The largest absolute Gasteiger partial charge is 0.454 e. The summed E-state index contributed by atoms with van der Waals surface area (Å²) in [7, 11) is 1.89. The second-order valence-corrected chi connectivity index (χ2v) is 9.42. The number of imidazole rings is 1. The lowest BCUT2D eigenvalue weighted by Crippen LogP contribution is -2.48. The standard InChI is InChI=1S/C27H24ClN9O2/c1-3-24(38)37-10-8-36(9-11-37)23-7-5-20-25(34-23)26(31-15-30-20)33-17-4-6-22(19(28)12-17)39-18-13-21-27(29-14-18)35(2)16-32-21/h3-7,12-16H,1,8-11H2,2H3,(H,30,31,33). The normalized spacial score (nSPS) is 13.6. The number of aryl methyl sites for hydroxylation is 1. The number of nitrogens with zero attached hydrogens (tertiary/aromatic N) is 8. The molecule has 4 aromatic heterocycles. The first-order valence-corrected chi connectivity index (χ1v) is 12.7. The van der Waals surface area contributed by atoms with Crippen LogP contribution in [0.4, 0.5) is 17.3 Å². The molecule has 11 nitrogen and oxygen atoms in total. The van der Waals surface area contributed by atoms with Crippen molar-refractivity contribution in [1.29, 1.82) is 0 Å². The van der Waals surface area contributed by atoms with Gasteiger partial charge in [0.15, 0.2) is 11.5 Å². The predicted molar refractivity (Wildman–Crippen MR) is 150 cm³/mol. The molecule has 12 heteroatoms. The number of anilines is 3. The summed E-state index contributed by atoms with van der Waals surface area (Å²) < 4.78 is 7.81. The van der Waals surface area contributed by atoms with Crippen LogP contribution >= 0.6 is 11.6 Å². The molecule has 0 aliphatic carbocycles. The Kier molecular flexibility index (Phi) is 6.41. The molecule has 1 N–H and O–H groups in total. The van der Waals surface area contributed by atoms with Gasteiger partial charge in [0.25, 0.3) is 0 Å². The maximum atomic E-state index is 11.9. The van der Waals surface area contributed by atoms with E-state index in [2.05, 4.69) is 36.7 Å². The Morgan fingerprint density at radius 2 is 1.90 bits per heavy atom. The van der Waals surface area contributed by atoms with Crippen LogP contribution in [-0.2, 0) is 11.8 Å². The van der Waals surface area contributed by atoms with E-state index in [0.29, 0.717) is 59.6 Å². The van der Waals surface area contributed by atoms with Gasteiger partial charge in [-0.05, 0) is 36.4 Å². The van der Waals surface area contributed by atoms with Gasteiger partial charge in [0.2, 0.25) is 5.91 Å². The van der Waals surface area contributed by atoms with Crippen LogP contribution in [0.25, 0.3) is 22.2 Å². The number of rotatable bonds is 6. The molecule has 0 saturated carbocycles. The first-order valence-electron chi connectivity index (χ1n) is 12.3. The van der Waals surface area contributed by atoms with E-state index in [0.717, 1.165) is 22.7 Å². The van der Waals surface area contributed by atoms with Crippen molar-refractivity contribution in [2.24, 2.45) is 7.05 Å². The SMILES string of the molecule is C=CC(=O)N1CCN(c2ccc3ncnc(Nc4ccc(Oc5cnc6c(c5)ncn6C)c(Cl)c4)c3n2)CC1. The fraction of sp³-hybridized carbons (Fsp3) is 0.185. The molecule has 0 bridgehead atoms. The zero-order valence-electron chi connectivity index (χ0n) is 21.1. The van der Waals surface area contributed by atoms with E-state index in [4.69, 9.17) is 21.3 Å². The number of pyridine rings is 2. The molecule has 39 heavy (non-hydrogen) atoms. The summed E-state index contributed by atoms with van der Waals surface area (Å²) in [5.41, 5.74) is 3.56. The summed E-state index contributed by atoms with van der Waals surface area (Å²) in [5, 5.41) is 3.72. The Bertz CT molecular complexity index is 1710. The van der Waals surface area contributed by atoms with E-state index in [1.165, 1.54) is 12.4 Å². The number of hydrogen-bond donors (Lipinski definition) is 1. The number of halogens is 1.